The highest BCUT2D eigenvalue weighted by Crippen LogP contribution is 2.34. The zero-order valence-electron chi connectivity index (χ0n) is 13.4. The van der Waals surface area contributed by atoms with Gasteiger partial charge in [0.1, 0.15) is 5.15 Å². The van der Waals surface area contributed by atoms with E-state index in [4.69, 9.17) is 11.6 Å². The van der Waals surface area contributed by atoms with Gasteiger partial charge in [0.2, 0.25) is 0 Å². The summed E-state index contributed by atoms with van der Waals surface area (Å²) in [5, 5.41) is 0.403. The molecule has 3 nitrogen and oxygen atoms in total. The Balaban J connectivity index is 2.14. The average molecular weight is 309 g/mol. The van der Waals surface area contributed by atoms with Gasteiger partial charge in [0.05, 0.1) is 0 Å². The Morgan fingerprint density at radius 1 is 1.38 bits per heavy atom. The topological polar surface area (TPSA) is 33.2 Å². The molecule has 1 aliphatic rings. The van der Waals surface area contributed by atoms with E-state index in [1.54, 1.807) is 6.07 Å². The van der Waals surface area contributed by atoms with E-state index in [2.05, 4.69) is 32.7 Å². The molecule has 0 spiro atoms. The molecule has 0 N–H and O–H groups in total. The zero-order chi connectivity index (χ0) is 15.6. The SMILES string of the molecule is CCC1(C)CCN(C(=O)c2cc(Cl)nc(C(C)C)c2)CC1. The van der Waals surface area contributed by atoms with Crippen LogP contribution in [0.5, 0.6) is 0 Å². The Morgan fingerprint density at radius 2 is 2.00 bits per heavy atom. The second-order valence-electron chi connectivity index (χ2n) is 6.71. The van der Waals surface area contributed by atoms with Crippen LogP contribution in [-0.4, -0.2) is 28.9 Å². The molecule has 0 aromatic carbocycles. The van der Waals surface area contributed by atoms with Crippen LogP contribution in [0.1, 0.15) is 68.9 Å². The molecule has 1 saturated heterocycles. The Bertz CT molecular complexity index is 520. The van der Waals surface area contributed by atoms with Gasteiger partial charge in [-0.3, -0.25) is 4.79 Å². The predicted molar refractivity (Wildman–Crippen MR) is 86.9 cm³/mol. The summed E-state index contributed by atoms with van der Waals surface area (Å²) in [5.74, 6) is 0.347. The number of carbonyl (C=O) groups excluding carboxylic acids is 1. The van der Waals surface area contributed by atoms with Gasteiger partial charge in [0.15, 0.2) is 0 Å². The lowest BCUT2D eigenvalue weighted by atomic mass is 9.78. The molecule has 0 bridgehead atoms. The van der Waals surface area contributed by atoms with Crippen LogP contribution in [0.25, 0.3) is 0 Å². The number of nitrogens with zero attached hydrogens (tertiary/aromatic N) is 2. The van der Waals surface area contributed by atoms with Crippen molar-refractivity contribution in [3.05, 3.63) is 28.5 Å². The lowest BCUT2D eigenvalue weighted by Gasteiger charge is -2.39. The first-order valence-corrected chi connectivity index (χ1v) is 8.19. The van der Waals surface area contributed by atoms with Crippen molar-refractivity contribution in [2.24, 2.45) is 5.41 Å². The fourth-order valence-corrected chi connectivity index (χ4v) is 2.94. The van der Waals surface area contributed by atoms with Crippen molar-refractivity contribution in [2.75, 3.05) is 13.1 Å². The van der Waals surface area contributed by atoms with Gasteiger partial charge >= 0.3 is 0 Å². The van der Waals surface area contributed by atoms with Crippen LogP contribution in [0.4, 0.5) is 0 Å². The largest absolute Gasteiger partial charge is 0.339 e. The van der Waals surface area contributed by atoms with Crippen molar-refractivity contribution in [1.82, 2.24) is 9.88 Å². The number of hydrogen-bond donors (Lipinski definition) is 0. The summed E-state index contributed by atoms with van der Waals surface area (Å²) in [6.45, 7) is 10.3. The van der Waals surface area contributed by atoms with Crippen molar-refractivity contribution < 1.29 is 4.79 Å². The highest BCUT2D eigenvalue weighted by molar-refractivity contribution is 6.29. The third-order valence-corrected chi connectivity index (χ3v) is 4.96. The van der Waals surface area contributed by atoms with E-state index < -0.39 is 0 Å². The van der Waals surface area contributed by atoms with Gasteiger partial charge in [-0.1, -0.05) is 45.7 Å². The van der Waals surface area contributed by atoms with Crippen molar-refractivity contribution in [3.8, 4) is 0 Å². The first-order chi connectivity index (χ1) is 9.84. The Kier molecular flexibility index (Phi) is 4.92. The molecular formula is C17H25ClN2O. The highest BCUT2D eigenvalue weighted by atomic mass is 35.5. The molecule has 0 saturated carbocycles. The molecule has 2 rings (SSSR count). The van der Waals surface area contributed by atoms with Gasteiger partial charge in [-0.15, -0.1) is 0 Å². The lowest BCUT2D eigenvalue weighted by molar-refractivity contribution is 0.0600. The third-order valence-electron chi connectivity index (χ3n) is 4.76. The maximum atomic E-state index is 12.7. The number of carbonyl (C=O) groups is 1. The smallest absolute Gasteiger partial charge is 0.254 e. The summed E-state index contributed by atoms with van der Waals surface area (Å²) in [6.07, 6.45) is 3.32. The molecule has 1 aliphatic heterocycles. The van der Waals surface area contributed by atoms with Gasteiger partial charge in [0, 0.05) is 24.3 Å². The summed E-state index contributed by atoms with van der Waals surface area (Å²) in [7, 11) is 0. The number of amides is 1. The predicted octanol–water partition coefficient (Wildman–Crippen LogP) is 4.51. The Hall–Kier alpha value is -1.09. The third kappa shape index (κ3) is 3.76. The van der Waals surface area contributed by atoms with Crippen LogP contribution in [0, 0.1) is 5.41 Å². The number of likely N-dealkylation sites (tertiary alicyclic amines) is 1. The van der Waals surface area contributed by atoms with E-state index in [-0.39, 0.29) is 11.8 Å². The van der Waals surface area contributed by atoms with E-state index in [0.717, 1.165) is 31.6 Å². The number of aromatic nitrogens is 1. The van der Waals surface area contributed by atoms with Gasteiger partial charge in [-0.2, -0.15) is 0 Å². The Labute approximate surface area is 132 Å². The molecule has 4 heteroatoms. The van der Waals surface area contributed by atoms with Gasteiger partial charge in [0.25, 0.3) is 5.91 Å². The molecule has 0 unspecified atom stereocenters. The minimum absolute atomic E-state index is 0.0827. The van der Waals surface area contributed by atoms with Crippen molar-refractivity contribution in [2.45, 2.75) is 52.9 Å². The molecule has 0 atom stereocenters. The highest BCUT2D eigenvalue weighted by Gasteiger charge is 2.30. The van der Waals surface area contributed by atoms with E-state index >= 15 is 0 Å². The molecule has 116 valence electrons. The van der Waals surface area contributed by atoms with Crippen LogP contribution in [0.2, 0.25) is 5.15 Å². The second-order valence-corrected chi connectivity index (χ2v) is 7.10. The number of hydrogen-bond acceptors (Lipinski definition) is 2. The summed E-state index contributed by atoms with van der Waals surface area (Å²) in [5.41, 5.74) is 1.93. The Morgan fingerprint density at radius 3 is 2.52 bits per heavy atom. The van der Waals surface area contributed by atoms with Gasteiger partial charge in [-0.05, 0) is 36.3 Å². The first kappa shape index (κ1) is 16.3. The van der Waals surface area contributed by atoms with Crippen molar-refractivity contribution in [3.63, 3.8) is 0 Å². The molecule has 21 heavy (non-hydrogen) atoms. The summed E-state index contributed by atoms with van der Waals surface area (Å²) >= 11 is 6.06. The van der Waals surface area contributed by atoms with Crippen LogP contribution in [0.15, 0.2) is 12.1 Å². The second kappa shape index (κ2) is 6.35. The number of pyridine rings is 1. The van der Waals surface area contributed by atoms with Crippen molar-refractivity contribution >= 4 is 17.5 Å². The standard InChI is InChI=1S/C17H25ClN2O/c1-5-17(4)6-8-20(9-7-17)16(21)13-10-14(12(2)3)19-15(18)11-13/h10-12H,5-9H2,1-4H3. The van der Waals surface area contributed by atoms with Gasteiger partial charge < -0.3 is 4.90 Å². The molecule has 1 aromatic rings. The molecule has 0 radical (unpaired) electrons. The average Bonchev–Trinajstić information content (AvgIpc) is 2.46. The zero-order valence-corrected chi connectivity index (χ0v) is 14.2. The first-order valence-electron chi connectivity index (χ1n) is 7.81. The minimum atomic E-state index is 0.0827. The van der Waals surface area contributed by atoms with E-state index in [9.17, 15) is 4.79 Å². The maximum absolute atomic E-state index is 12.7. The molecule has 1 aromatic heterocycles. The van der Waals surface area contributed by atoms with Crippen LogP contribution in [-0.2, 0) is 0 Å². The molecule has 2 heterocycles. The molecule has 1 amide bonds. The van der Waals surface area contributed by atoms with Crippen LogP contribution >= 0.6 is 11.6 Å². The number of rotatable bonds is 3. The minimum Gasteiger partial charge on any atom is -0.339 e. The van der Waals surface area contributed by atoms with E-state index in [0.29, 0.717) is 16.1 Å². The fraction of sp³-hybridized carbons (Fsp3) is 0.647. The van der Waals surface area contributed by atoms with Crippen molar-refractivity contribution in [1.29, 1.82) is 0 Å². The summed E-state index contributed by atoms with van der Waals surface area (Å²) in [6, 6.07) is 3.57. The fourth-order valence-electron chi connectivity index (χ4n) is 2.72. The van der Waals surface area contributed by atoms with Crippen LogP contribution in [0.3, 0.4) is 0 Å². The quantitative estimate of drug-likeness (QED) is 0.770. The monoisotopic (exact) mass is 308 g/mol. The normalized spacial score (nSPS) is 18.1. The molecule has 0 aliphatic carbocycles. The van der Waals surface area contributed by atoms with Gasteiger partial charge in [-0.25, -0.2) is 4.98 Å². The van der Waals surface area contributed by atoms with Crippen LogP contribution < -0.4 is 0 Å². The molecular weight excluding hydrogens is 284 g/mol. The van der Waals surface area contributed by atoms with E-state index in [1.165, 1.54) is 6.42 Å². The maximum Gasteiger partial charge on any atom is 0.254 e. The number of piperidine rings is 1. The lowest BCUT2D eigenvalue weighted by Crippen LogP contribution is -2.42. The van der Waals surface area contributed by atoms with E-state index in [1.807, 2.05) is 11.0 Å². The summed E-state index contributed by atoms with van der Waals surface area (Å²) < 4.78 is 0. The summed E-state index contributed by atoms with van der Waals surface area (Å²) in [4.78, 5) is 18.9. The number of halogens is 1. The molecule has 1 fully saturated rings.